The molecular formula is C14H27NO2. The average Bonchev–Trinajstić information content (AvgIpc) is 2.30. The lowest BCUT2D eigenvalue weighted by molar-refractivity contribution is -0.129. The van der Waals surface area contributed by atoms with Crippen LogP contribution in [-0.4, -0.2) is 43.5 Å². The molecular weight excluding hydrogens is 214 g/mol. The van der Waals surface area contributed by atoms with Crippen molar-refractivity contribution in [2.75, 3.05) is 32.8 Å². The van der Waals surface area contributed by atoms with Crippen molar-refractivity contribution in [3.8, 4) is 0 Å². The highest BCUT2D eigenvalue weighted by molar-refractivity contribution is 5.84. The summed E-state index contributed by atoms with van der Waals surface area (Å²) in [5, 5.41) is 0. The Hall–Kier alpha value is -0.410. The number of nitrogens with zero attached hydrogens (tertiary/aromatic N) is 1. The van der Waals surface area contributed by atoms with Crippen molar-refractivity contribution < 1.29 is 9.53 Å². The molecule has 100 valence electrons. The van der Waals surface area contributed by atoms with Gasteiger partial charge in [-0.05, 0) is 18.9 Å². The molecule has 1 rings (SSSR count). The molecule has 0 aliphatic carbocycles. The molecule has 3 nitrogen and oxygen atoms in total. The zero-order valence-corrected chi connectivity index (χ0v) is 11.8. The van der Waals surface area contributed by atoms with Crippen LogP contribution < -0.4 is 0 Å². The van der Waals surface area contributed by atoms with E-state index < -0.39 is 0 Å². The van der Waals surface area contributed by atoms with Crippen molar-refractivity contribution in [3.63, 3.8) is 0 Å². The van der Waals surface area contributed by atoms with Crippen LogP contribution in [0.1, 0.15) is 40.5 Å². The quantitative estimate of drug-likeness (QED) is 0.715. The van der Waals surface area contributed by atoms with Gasteiger partial charge in [0, 0.05) is 24.9 Å². The Balaban J connectivity index is 2.23. The fourth-order valence-electron chi connectivity index (χ4n) is 1.93. The second kappa shape index (κ2) is 6.50. The second-order valence-corrected chi connectivity index (χ2v) is 5.86. The van der Waals surface area contributed by atoms with E-state index in [1.165, 1.54) is 0 Å². The predicted octanol–water partition coefficient (Wildman–Crippen LogP) is 2.35. The first kappa shape index (κ1) is 14.7. The minimum absolute atomic E-state index is 0.176. The molecule has 0 aromatic heterocycles. The summed E-state index contributed by atoms with van der Waals surface area (Å²) in [5.41, 5.74) is -0.176. The molecule has 0 unspecified atom stereocenters. The van der Waals surface area contributed by atoms with Crippen LogP contribution in [0.15, 0.2) is 0 Å². The molecule has 17 heavy (non-hydrogen) atoms. The van der Waals surface area contributed by atoms with Crippen molar-refractivity contribution in [2.45, 2.75) is 40.5 Å². The summed E-state index contributed by atoms with van der Waals surface area (Å²) in [5.74, 6) is 0.819. The summed E-state index contributed by atoms with van der Waals surface area (Å²) in [6.45, 7) is 13.1. The van der Waals surface area contributed by atoms with Crippen molar-refractivity contribution in [1.82, 2.24) is 4.90 Å². The molecule has 1 aliphatic heterocycles. The highest BCUT2D eigenvalue weighted by atomic mass is 16.5. The van der Waals surface area contributed by atoms with Crippen molar-refractivity contribution >= 4 is 5.78 Å². The van der Waals surface area contributed by atoms with Gasteiger partial charge in [-0.1, -0.05) is 27.7 Å². The third-order valence-electron chi connectivity index (χ3n) is 4.14. The van der Waals surface area contributed by atoms with E-state index in [1.807, 2.05) is 0 Å². The lowest BCUT2D eigenvalue weighted by Crippen LogP contribution is -2.37. The van der Waals surface area contributed by atoms with Crippen LogP contribution >= 0.6 is 0 Å². The standard InChI is InChI=1S/C14H27NO2/c1-12(2)14(3,4)13(16)6-5-7-15-8-10-17-11-9-15/h12H,5-11H2,1-4H3. The Labute approximate surface area is 106 Å². The van der Waals surface area contributed by atoms with Gasteiger partial charge >= 0.3 is 0 Å². The minimum atomic E-state index is -0.176. The molecule has 0 aromatic carbocycles. The van der Waals surface area contributed by atoms with Crippen LogP contribution in [0.3, 0.4) is 0 Å². The largest absolute Gasteiger partial charge is 0.379 e. The number of carbonyl (C=O) groups is 1. The maximum Gasteiger partial charge on any atom is 0.138 e. The van der Waals surface area contributed by atoms with Gasteiger partial charge in [0.2, 0.25) is 0 Å². The number of ether oxygens (including phenoxy) is 1. The lowest BCUT2D eigenvalue weighted by atomic mass is 9.76. The van der Waals surface area contributed by atoms with Crippen molar-refractivity contribution in [3.05, 3.63) is 0 Å². The van der Waals surface area contributed by atoms with Gasteiger partial charge in [-0.25, -0.2) is 0 Å². The molecule has 1 fully saturated rings. The first-order valence-corrected chi connectivity index (χ1v) is 6.78. The number of hydrogen-bond donors (Lipinski definition) is 0. The van der Waals surface area contributed by atoms with Crippen LogP contribution in [-0.2, 0) is 9.53 Å². The van der Waals surface area contributed by atoms with Gasteiger partial charge in [0.15, 0.2) is 0 Å². The second-order valence-electron chi connectivity index (χ2n) is 5.86. The molecule has 0 aromatic rings. The van der Waals surface area contributed by atoms with E-state index in [1.54, 1.807) is 0 Å². The van der Waals surface area contributed by atoms with E-state index in [9.17, 15) is 4.79 Å². The zero-order chi connectivity index (χ0) is 12.9. The van der Waals surface area contributed by atoms with Gasteiger partial charge < -0.3 is 4.74 Å². The molecule has 1 heterocycles. The molecule has 0 bridgehead atoms. The minimum Gasteiger partial charge on any atom is -0.379 e. The Morgan fingerprint density at radius 3 is 2.41 bits per heavy atom. The number of hydrogen-bond acceptors (Lipinski definition) is 3. The molecule has 0 radical (unpaired) electrons. The maximum atomic E-state index is 12.1. The van der Waals surface area contributed by atoms with E-state index in [0.29, 0.717) is 18.1 Å². The van der Waals surface area contributed by atoms with Gasteiger partial charge in [-0.3, -0.25) is 9.69 Å². The van der Waals surface area contributed by atoms with E-state index in [0.717, 1.165) is 39.3 Å². The van der Waals surface area contributed by atoms with Crippen LogP contribution in [0.5, 0.6) is 0 Å². The van der Waals surface area contributed by atoms with Crippen LogP contribution in [0, 0.1) is 11.3 Å². The van der Waals surface area contributed by atoms with E-state index in [-0.39, 0.29) is 5.41 Å². The first-order valence-electron chi connectivity index (χ1n) is 6.78. The SMILES string of the molecule is CC(C)C(C)(C)C(=O)CCCN1CCOCC1. The van der Waals surface area contributed by atoms with Crippen LogP contribution in [0.4, 0.5) is 0 Å². The first-order chi connectivity index (χ1) is 7.94. The monoisotopic (exact) mass is 241 g/mol. The number of morpholine rings is 1. The summed E-state index contributed by atoms with van der Waals surface area (Å²) in [6, 6.07) is 0. The highest BCUT2D eigenvalue weighted by Crippen LogP contribution is 2.28. The van der Waals surface area contributed by atoms with E-state index in [2.05, 4.69) is 32.6 Å². The summed E-state index contributed by atoms with van der Waals surface area (Å²) in [6.07, 6.45) is 1.69. The fourth-order valence-corrected chi connectivity index (χ4v) is 1.93. The topological polar surface area (TPSA) is 29.5 Å². The Bertz CT molecular complexity index is 243. The molecule has 0 atom stereocenters. The summed E-state index contributed by atoms with van der Waals surface area (Å²) >= 11 is 0. The molecule has 0 saturated carbocycles. The van der Waals surface area contributed by atoms with Gasteiger partial charge in [0.25, 0.3) is 0 Å². The van der Waals surface area contributed by atoms with E-state index in [4.69, 9.17) is 4.74 Å². The molecule has 1 saturated heterocycles. The third kappa shape index (κ3) is 4.40. The smallest absolute Gasteiger partial charge is 0.138 e. The number of rotatable bonds is 6. The summed E-state index contributed by atoms with van der Waals surface area (Å²) in [4.78, 5) is 14.5. The Kier molecular flexibility index (Phi) is 5.60. The fraction of sp³-hybridized carbons (Fsp3) is 0.929. The van der Waals surface area contributed by atoms with Crippen LogP contribution in [0.2, 0.25) is 0 Å². The Morgan fingerprint density at radius 2 is 1.88 bits per heavy atom. The molecule has 0 spiro atoms. The number of ketones is 1. The summed E-state index contributed by atoms with van der Waals surface area (Å²) in [7, 11) is 0. The van der Waals surface area contributed by atoms with Gasteiger partial charge in [0.05, 0.1) is 13.2 Å². The third-order valence-corrected chi connectivity index (χ3v) is 4.14. The molecule has 0 N–H and O–H groups in total. The highest BCUT2D eigenvalue weighted by Gasteiger charge is 2.30. The lowest BCUT2D eigenvalue weighted by Gasteiger charge is -2.29. The predicted molar refractivity (Wildman–Crippen MR) is 70.1 cm³/mol. The normalized spacial score (nSPS) is 18.6. The van der Waals surface area contributed by atoms with Crippen LogP contribution in [0.25, 0.3) is 0 Å². The van der Waals surface area contributed by atoms with Gasteiger partial charge in [0.1, 0.15) is 5.78 Å². The summed E-state index contributed by atoms with van der Waals surface area (Å²) < 4.78 is 5.30. The number of Topliss-reactive ketones (excluding diaryl/α,β-unsaturated/α-hetero) is 1. The van der Waals surface area contributed by atoms with Crippen molar-refractivity contribution in [2.24, 2.45) is 11.3 Å². The Morgan fingerprint density at radius 1 is 1.29 bits per heavy atom. The zero-order valence-electron chi connectivity index (χ0n) is 11.8. The maximum absolute atomic E-state index is 12.1. The average molecular weight is 241 g/mol. The van der Waals surface area contributed by atoms with Gasteiger partial charge in [-0.15, -0.1) is 0 Å². The molecule has 3 heteroatoms. The van der Waals surface area contributed by atoms with E-state index >= 15 is 0 Å². The molecule has 0 amide bonds. The number of carbonyl (C=O) groups excluding carboxylic acids is 1. The van der Waals surface area contributed by atoms with Gasteiger partial charge in [-0.2, -0.15) is 0 Å². The van der Waals surface area contributed by atoms with Crippen molar-refractivity contribution in [1.29, 1.82) is 0 Å². The molecule has 1 aliphatic rings.